The van der Waals surface area contributed by atoms with Crippen LogP contribution < -0.4 is 4.74 Å². The number of hydrogen-bond donors (Lipinski definition) is 0. The number of carbonyl (C=O) groups excluding carboxylic acids is 1. The van der Waals surface area contributed by atoms with E-state index < -0.39 is 0 Å². The summed E-state index contributed by atoms with van der Waals surface area (Å²) in [6.45, 7) is 6.83. The number of ether oxygens (including phenoxy) is 2. The second kappa shape index (κ2) is 9.39. The van der Waals surface area contributed by atoms with Crippen molar-refractivity contribution in [2.45, 2.75) is 52.6 Å². The van der Waals surface area contributed by atoms with Gasteiger partial charge in [0.15, 0.2) is 0 Å². The molecule has 1 aliphatic carbocycles. The lowest BCUT2D eigenvalue weighted by Gasteiger charge is -2.39. The maximum Gasteiger partial charge on any atom is 0.320 e. The van der Waals surface area contributed by atoms with Crippen LogP contribution in [-0.4, -0.2) is 37.1 Å². The summed E-state index contributed by atoms with van der Waals surface area (Å²) >= 11 is 0. The van der Waals surface area contributed by atoms with E-state index in [4.69, 9.17) is 9.47 Å². The van der Waals surface area contributed by atoms with E-state index in [1.807, 2.05) is 26.0 Å². The van der Waals surface area contributed by atoms with Crippen molar-refractivity contribution in [1.29, 1.82) is 0 Å². The van der Waals surface area contributed by atoms with Crippen molar-refractivity contribution in [2.24, 2.45) is 5.41 Å². The molecular formula is C26H32FNO3. The van der Waals surface area contributed by atoms with Crippen LogP contribution in [-0.2, 0) is 35.4 Å². The first-order chi connectivity index (χ1) is 15.0. The van der Waals surface area contributed by atoms with E-state index >= 15 is 0 Å². The molecule has 1 heterocycles. The molecule has 0 radical (unpaired) electrons. The largest absolute Gasteiger partial charge is 0.489 e. The number of likely N-dealkylation sites (tertiary alicyclic amines) is 1. The number of aryl methyl sites for hydroxylation is 1. The fourth-order valence-corrected chi connectivity index (χ4v) is 5.08. The number of benzene rings is 2. The number of nitrogens with zero attached hydrogens (tertiary/aromatic N) is 1. The highest BCUT2D eigenvalue weighted by Gasteiger charge is 2.40. The van der Waals surface area contributed by atoms with Gasteiger partial charge in [-0.2, -0.15) is 0 Å². The Morgan fingerprint density at radius 1 is 1.10 bits per heavy atom. The summed E-state index contributed by atoms with van der Waals surface area (Å²) in [5, 5.41) is 0. The summed E-state index contributed by atoms with van der Waals surface area (Å²) in [6, 6.07) is 11.5. The molecule has 1 saturated heterocycles. The van der Waals surface area contributed by atoms with E-state index in [0.29, 0.717) is 18.7 Å². The molecule has 0 amide bonds. The van der Waals surface area contributed by atoms with Gasteiger partial charge in [0.05, 0.1) is 13.2 Å². The van der Waals surface area contributed by atoms with Crippen LogP contribution in [0.5, 0.6) is 5.75 Å². The van der Waals surface area contributed by atoms with Gasteiger partial charge in [0, 0.05) is 5.56 Å². The van der Waals surface area contributed by atoms with E-state index in [2.05, 4.69) is 17.0 Å². The Bertz CT molecular complexity index is 934. The van der Waals surface area contributed by atoms with Gasteiger partial charge in [-0.1, -0.05) is 25.1 Å². The third kappa shape index (κ3) is 4.93. The van der Waals surface area contributed by atoms with E-state index in [1.165, 1.54) is 17.2 Å². The lowest BCUT2D eigenvalue weighted by atomic mass is 9.76. The third-order valence-corrected chi connectivity index (χ3v) is 6.86. The minimum atomic E-state index is -0.200. The zero-order chi connectivity index (χ0) is 21.8. The first-order valence-corrected chi connectivity index (χ1v) is 11.4. The van der Waals surface area contributed by atoms with Crippen LogP contribution in [0, 0.1) is 11.2 Å². The molecule has 31 heavy (non-hydrogen) atoms. The van der Waals surface area contributed by atoms with Crippen molar-refractivity contribution < 1.29 is 18.7 Å². The standard InChI is InChI=1S/C26H32FNO3/c1-3-19-6-5-7-24(27)23(19)18-31-22-9-8-20-15-26(16-21(20)14-22)10-12-28(13-11-26)17-25(29)30-4-2/h5-9,14H,3-4,10-13,15-18H2,1-2H3. The second-order valence-electron chi connectivity index (χ2n) is 8.88. The van der Waals surface area contributed by atoms with Crippen LogP contribution >= 0.6 is 0 Å². The molecule has 0 saturated carbocycles. The molecule has 0 bridgehead atoms. The normalized spacial score (nSPS) is 17.5. The van der Waals surface area contributed by atoms with Gasteiger partial charge in [-0.05, 0) is 92.4 Å². The van der Waals surface area contributed by atoms with Crippen LogP contribution in [0.25, 0.3) is 0 Å². The van der Waals surface area contributed by atoms with Gasteiger partial charge in [-0.15, -0.1) is 0 Å². The Morgan fingerprint density at radius 2 is 1.87 bits per heavy atom. The lowest BCUT2D eigenvalue weighted by Crippen LogP contribution is -2.43. The number of halogens is 1. The van der Waals surface area contributed by atoms with Gasteiger partial charge in [0.25, 0.3) is 0 Å². The van der Waals surface area contributed by atoms with Gasteiger partial charge in [0.2, 0.25) is 0 Å². The average molecular weight is 426 g/mol. The van der Waals surface area contributed by atoms with Crippen LogP contribution in [0.15, 0.2) is 36.4 Å². The lowest BCUT2D eigenvalue weighted by molar-refractivity contribution is -0.145. The Morgan fingerprint density at radius 3 is 2.61 bits per heavy atom. The van der Waals surface area contributed by atoms with Crippen molar-refractivity contribution >= 4 is 5.97 Å². The Kier molecular flexibility index (Phi) is 6.61. The minimum absolute atomic E-state index is 0.129. The zero-order valence-corrected chi connectivity index (χ0v) is 18.6. The minimum Gasteiger partial charge on any atom is -0.489 e. The van der Waals surface area contributed by atoms with Gasteiger partial charge in [-0.25, -0.2) is 4.39 Å². The van der Waals surface area contributed by atoms with E-state index in [1.54, 1.807) is 6.07 Å². The quantitative estimate of drug-likeness (QED) is 0.602. The van der Waals surface area contributed by atoms with Crippen LogP contribution in [0.2, 0.25) is 0 Å². The maximum atomic E-state index is 14.2. The molecule has 4 nitrogen and oxygen atoms in total. The summed E-state index contributed by atoms with van der Waals surface area (Å²) in [5.74, 6) is 0.478. The SMILES string of the molecule is CCOC(=O)CN1CCC2(CC1)Cc1ccc(OCc3c(F)cccc3CC)cc1C2. The molecule has 2 aromatic rings. The van der Waals surface area contributed by atoms with Gasteiger partial charge in [0.1, 0.15) is 18.2 Å². The summed E-state index contributed by atoms with van der Waals surface area (Å²) in [7, 11) is 0. The van der Waals surface area contributed by atoms with Crippen molar-refractivity contribution in [1.82, 2.24) is 4.90 Å². The zero-order valence-electron chi connectivity index (χ0n) is 18.6. The highest BCUT2D eigenvalue weighted by Crippen LogP contribution is 2.45. The Balaban J connectivity index is 1.36. The van der Waals surface area contributed by atoms with Crippen molar-refractivity contribution in [3.05, 3.63) is 64.5 Å². The Labute approximate surface area is 184 Å². The van der Waals surface area contributed by atoms with E-state index in [0.717, 1.165) is 56.5 Å². The number of hydrogen-bond acceptors (Lipinski definition) is 4. The van der Waals surface area contributed by atoms with E-state index in [9.17, 15) is 9.18 Å². The first-order valence-electron chi connectivity index (χ1n) is 11.4. The van der Waals surface area contributed by atoms with Crippen LogP contribution in [0.4, 0.5) is 4.39 Å². The molecule has 0 aromatic heterocycles. The van der Waals surface area contributed by atoms with Crippen molar-refractivity contribution in [3.63, 3.8) is 0 Å². The fourth-order valence-electron chi connectivity index (χ4n) is 5.08. The maximum absolute atomic E-state index is 14.2. The molecular weight excluding hydrogens is 393 g/mol. The smallest absolute Gasteiger partial charge is 0.320 e. The summed E-state index contributed by atoms with van der Waals surface area (Å²) < 4.78 is 25.3. The topological polar surface area (TPSA) is 38.8 Å². The van der Waals surface area contributed by atoms with Gasteiger partial charge >= 0.3 is 5.97 Å². The molecule has 166 valence electrons. The molecule has 0 unspecified atom stereocenters. The molecule has 1 aliphatic heterocycles. The predicted molar refractivity (Wildman–Crippen MR) is 119 cm³/mol. The number of piperidine rings is 1. The molecule has 0 N–H and O–H groups in total. The van der Waals surface area contributed by atoms with E-state index in [-0.39, 0.29) is 23.8 Å². The van der Waals surface area contributed by atoms with Crippen molar-refractivity contribution in [2.75, 3.05) is 26.2 Å². The summed E-state index contributed by atoms with van der Waals surface area (Å²) in [4.78, 5) is 14.0. The molecule has 1 fully saturated rings. The first kappa shape index (κ1) is 21.8. The molecule has 0 atom stereocenters. The molecule has 4 rings (SSSR count). The second-order valence-corrected chi connectivity index (χ2v) is 8.88. The Hall–Kier alpha value is -2.40. The molecule has 2 aliphatic rings. The van der Waals surface area contributed by atoms with Gasteiger partial charge < -0.3 is 9.47 Å². The third-order valence-electron chi connectivity index (χ3n) is 6.86. The van der Waals surface area contributed by atoms with Crippen LogP contribution in [0.1, 0.15) is 48.9 Å². The summed E-state index contributed by atoms with van der Waals surface area (Å²) in [5.41, 5.74) is 4.67. The number of fused-ring (bicyclic) bond motifs is 1. The highest BCUT2D eigenvalue weighted by molar-refractivity contribution is 5.71. The number of carbonyl (C=O) groups is 1. The average Bonchev–Trinajstić information content (AvgIpc) is 3.11. The predicted octanol–water partition coefficient (Wildman–Crippen LogP) is 4.71. The van der Waals surface area contributed by atoms with Crippen LogP contribution in [0.3, 0.4) is 0 Å². The van der Waals surface area contributed by atoms with Gasteiger partial charge in [-0.3, -0.25) is 9.69 Å². The molecule has 5 heteroatoms. The molecule has 1 spiro atoms. The highest BCUT2D eigenvalue weighted by atomic mass is 19.1. The fraction of sp³-hybridized carbons (Fsp3) is 0.500. The number of esters is 1. The van der Waals surface area contributed by atoms with Crippen molar-refractivity contribution in [3.8, 4) is 5.75 Å². The molecule has 2 aromatic carbocycles. The monoisotopic (exact) mass is 425 g/mol. The number of rotatable bonds is 7. The summed E-state index contributed by atoms with van der Waals surface area (Å²) in [6.07, 6.45) is 5.10.